The van der Waals surface area contributed by atoms with Crippen molar-refractivity contribution in [1.82, 2.24) is 20.1 Å². The molecule has 1 aliphatic heterocycles. The average Bonchev–Trinajstić information content (AvgIpc) is 3.36. The van der Waals surface area contributed by atoms with E-state index in [4.69, 9.17) is 24.0 Å². The van der Waals surface area contributed by atoms with Crippen molar-refractivity contribution < 1.29 is 14.0 Å². The van der Waals surface area contributed by atoms with Crippen LogP contribution in [0.2, 0.25) is 0 Å². The molecule has 1 atom stereocenters. The zero-order valence-corrected chi connectivity index (χ0v) is 19.5. The number of benzene rings is 2. The Hall–Kier alpha value is -4.07. The number of aromatic nitrogens is 4. The first-order valence-electron chi connectivity index (χ1n) is 11.3. The number of ether oxygens (including phenoxy) is 2. The topological polar surface area (TPSA) is 98.1 Å². The summed E-state index contributed by atoms with van der Waals surface area (Å²) in [6, 6.07) is 12.4. The summed E-state index contributed by atoms with van der Waals surface area (Å²) in [5, 5.41) is 9.73. The maximum Gasteiger partial charge on any atom is 0.144 e. The quantitative estimate of drug-likeness (QED) is 0.362. The van der Waals surface area contributed by atoms with Crippen LogP contribution in [0.25, 0.3) is 33.1 Å². The molecule has 172 valence electrons. The Bertz CT molecular complexity index is 1530. The van der Waals surface area contributed by atoms with Crippen molar-refractivity contribution in [2.24, 2.45) is 0 Å². The minimum Gasteiger partial charge on any atom is -0.496 e. The molecule has 6 rings (SSSR count). The molecular formula is C26H25N5O3. The standard InChI is InChI=1S/C26H25N5O3/c1-13-23(14(2)34-31-13)18-11-20-17(12-22(18)32-4)24-25(27-15(3)28-26(24)30-20)29-19-9-10-33-21-8-6-5-7-16(19)21/h5-8,11-12,19H,9-10H2,1-4H3,(H2,27,28,29,30)/t19-/m1/s1. The van der Waals surface area contributed by atoms with Gasteiger partial charge in [-0.05, 0) is 39.0 Å². The fourth-order valence-corrected chi connectivity index (χ4v) is 4.93. The van der Waals surface area contributed by atoms with E-state index < -0.39 is 0 Å². The summed E-state index contributed by atoms with van der Waals surface area (Å²) < 4.78 is 17.1. The van der Waals surface area contributed by atoms with E-state index >= 15 is 0 Å². The number of aromatic amines is 1. The molecule has 0 amide bonds. The highest BCUT2D eigenvalue weighted by Gasteiger charge is 2.24. The highest BCUT2D eigenvalue weighted by Crippen LogP contribution is 2.42. The molecule has 3 aromatic heterocycles. The van der Waals surface area contributed by atoms with Crippen molar-refractivity contribution in [1.29, 1.82) is 0 Å². The van der Waals surface area contributed by atoms with Crippen LogP contribution in [0.15, 0.2) is 40.9 Å². The van der Waals surface area contributed by atoms with Crippen LogP contribution in [-0.4, -0.2) is 33.8 Å². The normalized spacial score (nSPS) is 15.4. The number of methoxy groups -OCH3 is 1. The Morgan fingerprint density at radius 1 is 1.12 bits per heavy atom. The molecule has 2 N–H and O–H groups in total. The van der Waals surface area contributed by atoms with Gasteiger partial charge >= 0.3 is 0 Å². The Morgan fingerprint density at radius 3 is 2.76 bits per heavy atom. The molecular weight excluding hydrogens is 430 g/mol. The van der Waals surface area contributed by atoms with Crippen molar-refractivity contribution in [3.8, 4) is 22.6 Å². The summed E-state index contributed by atoms with van der Waals surface area (Å²) in [6.07, 6.45) is 0.851. The van der Waals surface area contributed by atoms with Gasteiger partial charge in [-0.15, -0.1) is 0 Å². The van der Waals surface area contributed by atoms with Crippen molar-refractivity contribution in [3.63, 3.8) is 0 Å². The molecule has 8 heteroatoms. The number of hydrogen-bond donors (Lipinski definition) is 2. The molecule has 0 aliphatic carbocycles. The van der Waals surface area contributed by atoms with Gasteiger partial charge in [0, 0.05) is 28.5 Å². The molecule has 0 bridgehead atoms. The number of H-pyrrole nitrogens is 1. The number of aryl methyl sites for hydroxylation is 3. The highest BCUT2D eigenvalue weighted by molar-refractivity contribution is 6.12. The molecule has 4 heterocycles. The predicted octanol–water partition coefficient (Wildman–Crippen LogP) is 5.64. The third-order valence-electron chi connectivity index (χ3n) is 6.46. The van der Waals surface area contributed by atoms with E-state index in [1.807, 2.05) is 45.0 Å². The maximum absolute atomic E-state index is 5.85. The lowest BCUT2D eigenvalue weighted by atomic mass is 9.99. The molecule has 5 aromatic rings. The highest BCUT2D eigenvalue weighted by atomic mass is 16.5. The van der Waals surface area contributed by atoms with Crippen LogP contribution in [-0.2, 0) is 0 Å². The number of rotatable bonds is 4. The third kappa shape index (κ3) is 3.17. The second-order valence-corrected chi connectivity index (χ2v) is 8.64. The summed E-state index contributed by atoms with van der Waals surface area (Å²) in [5.74, 6) is 3.90. The number of para-hydroxylation sites is 1. The second-order valence-electron chi connectivity index (χ2n) is 8.64. The van der Waals surface area contributed by atoms with Crippen LogP contribution in [0.4, 0.5) is 5.82 Å². The van der Waals surface area contributed by atoms with Crippen LogP contribution in [0.1, 0.15) is 35.3 Å². The number of hydrogen-bond acceptors (Lipinski definition) is 7. The molecule has 0 fully saturated rings. The van der Waals surface area contributed by atoms with Crippen molar-refractivity contribution in [2.45, 2.75) is 33.2 Å². The molecule has 1 aliphatic rings. The van der Waals surface area contributed by atoms with Gasteiger partial charge in [-0.1, -0.05) is 23.4 Å². The Kier molecular flexibility index (Phi) is 4.69. The van der Waals surface area contributed by atoms with Gasteiger partial charge in [-0.3, -0.25) is 0 Å². The molecule has 0 saturated heterocycles. The Morgan fingerprint density at radius 2 is 1.97 bits per heavy atom. The molecule has 34 heavy (non-hydrogen) atoms. The van der Waals surface area contributed by atoms with E-state index in [0.29, 0.717) is 12.4 Å². The number of nitrogens with zero attached hydrogens (tertiary/aromatic N) is 3. The third-order valence-corrected chi connectivity index (χ3v) is 6.46. The van der Waals surface area contributed by atoms with E-state index in [1.54, 1.807) is 7.11 Å². The van der Waals surface area contributed by atoms with Crippen molar-refractivity contribution in [3.05, 3.63) is 59.2 Å². The Balaban J connectivity index is 1.53. The second kappa shape index (κ2) is 7.76. The van der Waals surface area contributed by atoms with Gasteiger partial charge in [0.05, 0.1) is 36.4 Å². The first-order valence-corrected chi connectivity index (χ1v) is 11.3. The Labute approximate surface area is 196 Å². The largest absolute Gasteiger partial charge is 0.496 e. The molecule has 8 nitrogen and oxygen atoms in total. The predicted molar refractivity (Wildman–Crippen MR) is 131 cm³/mol. The summed E-state index contributed by atoms with van der Waals surface area (Å²) >= 11 is 0. The smallest absolute Gasteiger partial charge is 0.144 e. The minimum absolute atomic E-state index is 0.0934. The molecule has 2 aromatic carbocycles. The fraction of sp³-hybridized carbons (Fsp3) is 0.269. The summed E-state index contributed by atoms with van der Waals surface area (Å²) in [4.78, 5) is 13.0. The van der Waals surface area contributed by atoms with Gasteiger partial charge < -0.3 is 24.3 Å². The number of fused-ring (bicyclic) bond motifs is 4. The summed E-state index contributed by atoms with van der Waals surface area (Å²) in [5.41, 5.74) is 5.55. The molecule has 0 unspecified atom stereocenters. The number of nitrogens with one attached hydrogen (secondary N) is 2. The van der Waals surface area contributed by atoms with Crippen LogP contribution in [0, 0.1) is 20.8 Å². The van der Waals surface area contributed by atoms with Crippen LogP contribution in [0.5, 0.6) is 11.5 Å². The average molecular weight is 456 g/mol. The monoisotopic (exact) mass is 455 g/mol. The fourth-order valence-electron chi connectivity index (χ4n) is 4.93. The van der Waals surface area contributed by atoms with Crippen molar-refractivity contribution >= 4 is 27.8 Å². The van der Waals surface area contributed by atoms with E-state index in [1.165, 1.54) is 0 Å². The minimum atomic E-state index is 0.0934. The van der Waals surface area contributed by atoms with Crippen LogP contribution in [0.3, 0.4) is 0 Å². The SMILES string of the molecule is COc1cc2c(cc1-c1c(C)noc1C)[nH]c1nc(C)nc(N[C@@H]3CCOc4ccccc43)c12. The van der Waals surface area contributed by atoms with Crippen LogP contribution >= 0.6 is 0 Å². The lowest BCUT2D eigenvalue weighted by molar-refractivity contribution is 0.274. The molecule has 0 spiro atoms. The van der Waals surface area contributed by atoms with Crippen LogP contribution < -0.4 is 14.8 Å². The van der Waals surface area contributed by atoms with Gasteiger partial charge in [0.1, 0.15) is 34.5 Å². The lowest BCUT2D eigenvalue weighted by Gasteiger charge is -2.27. The zero-order chi connectivity index (χ0) is 23.4. The first-order chi connectivity index (χ1) is 16.5. The van der Waals surface area contributed by atoms with Gasteiger partial charge in [0.15, 0.2) is 0 Å². The first kappa shape index (κ1) is 20.5. The van der Waals surface area contributed by atoms with Gasteiger partial charge in [-0.25, -0.2) is 9.97 Å². The van der Waals surface area contributed by atoms with Crippen molar-refractivity contribution in [2.75, 3.05) is 19.0 Å². The van der Waals surface area contributed by atoms with E-state index in [0.717, 1.165) is 73.8 Å². The summed E-state index contributed by atoms with van der Waals surface area (Å²) in [7, 11) is 1.68. The molecule has 0 saturated carbocycles. The van der Waals surface area contributed by atoms with Gasteiger partial charge in [0.25, 0.3) is 0 Å². The molecule has 0 radical (unpaired) electrons. The lowest BCUT2D eigenvalue weighted by Crippen LogP contribution is -2.21. The van der Waals surface area contributed by atoms with Gasteiger partial charge in [0.2, 0.25) is 0 Å². The zero-order valence-electron chi connectivity index (χ0n) is 19.5. The maximum atomic E-state index is 5.85. The number of anilines is 1. The van der Waals surface area contributed by atoms with E-state index in [9.17, 15) is 0 Å². The summed E-state index contributed by atoms with van der Waals surface area (Å²) in [6.45, 7) is 6.41. The van der Waals surface area contributed by atoms with E-state index in [-0.39, 0.29) is 6.04 Å². The van der Waals surface area contributed by atoms with E-state index in [2.05, 4.69) is 27.6 Å². The van der Waals surface area contributed by atoms with Gasteiger partial charge in [-0.2, -0.15) is 0 Å².